The van der Waals surface area contributed by atoms with Crippen LogP contribution >= 0.6 is 27.3 Å². The molecule has 0 aromatic carbocycles. The molecule has 5 heteroatoms. The van der Waals surface area contributed by atoms with E-state index >= 15 is 0 Å². The summed E-state index contributed by atoms with van der Waals surface area (Å²) in [6, 6.07) is 2.10. The normalized spacial score (nSPS) is 18.9. The lowest BCUT2D eigenvalue weighted by Gasteiger charge is -2.04. The first kappa shape index (κ1) is 9.42. The molecule has 2 aromatic rings. The van der Waals surface area contributed by atoms with Crippen molar-refractivity contribution in [3.05, 3.63) is 33.3 Å². The summed E-state index contributed by atoms with van der Waals surface area (Å²) >= 11 is 5.08. The average molecular weight is 286 g/mol. The third-order valence-corrected chi connectivity index (χ3v) is 4.13. The molecule has 0 saturated carbocycles. The maximum atomic E-state index is 5.62. The van der Waals surface area contributed by atoms with E-state index in [1.807, 2.05) is 6.92 Å². The van der Waals surface area contributed by atoms with Crippen molar-refractivity contribution >= 4 is 27.3 Å². The van der Waals surface area contributed by atoms with Gasteiger partial charge in [0.1, 0.15) is 12.4 Å². The minimum Gasteiger partial charge on any atom is -0.483 e. The highest BCUT2D eigenvalue weighted by Gasteiger charge is 2.31. The highest BCUT2D eigenvalue weighted by atomic mass is 79.9. The first-order valence-corrected chi connectivity index (χ1v) is 6.18. The molecule has 3 nitrogen and oxygen atoms in total. The predicted octanol–water partition coefficient (Wildman–Crippen LogP) is 3.33. The first-order valence-electron chi connectivity index (χ1n) is 4.57. The smallest absolute Gasteiger partial charge is 0.181 e. The number of fused-ring (bicyclic) bond motifs is 1. The van der Waals surface area contributed by atoms with Gasteiger partial charge in [0, 0.05) is 5.56 Å². The standard InChI is InChI=1S/C10H8BrNO2S/c1-5-9(12-4-14-5)7-3-13-10-6(7)2-8(11)15-10/h2,4,7H,3H2,1H3. The van der Waals surface area contributed by atoms with Crippen LogP contribution in [0, 0.1) is 6.92 Å². The number of thiophene rings is 1. The zero-order valence-corrected chi connectivity index (χ0v) is 10.4. The van der Waals surface area contributed by atoms with Crippen LogP contribution in [0.5, 0.6) is 5.06 Å². The molecule has 1 aliphatic rings. The number of halogens is 1. The molecule has 0 radical (unpaired) electrons. The largest absolute Gasteiger partial charge is 0.483 e. The lowest BCUT2D eigenvalue weighted by atomic mass is 10.00. The van der Waals surface area contributed by atoms with Gasteiger partial charge in [0.05, 0.1) is 15.4 Å². The van der Waals surface area contributed by atoms with Gasteiger partial charge in [-0.3, -0.25) is 0 Å². The van der Waals surface area contributed by atoms with E-state index in [2.05, 4.69) is 27.0 Å². The van der Waals surface area contributed by atoms with Crippen LogP contribution in [0.15, 0.2) is 20.7 Å². The molecular weight excluding hydrogens is 278 g/mol. The summed E-state index contributed by atoms with van der Waals surface area (Å²) in [6.07, 6.45) is 1.49. The summed E-state index contributed by atoms with van der Waals surface area (Å²) in [6.45, 7) is 2.60. The fraction of sp³-hybridized carbons (Fsp3) is 0.300. The third kappa shape index (κ3) is 1.41. The van der Waals surface area contributed by atoms with E-state index in [4.69, 9.17) is 9.15 Å². The Morgan fingerprint density at radius 1 is 1.60 bits per heavy atom. The van der Waals surface area contributed by atoms with Crippen molar-refractivity contribution < 1.29 is 9.15 Å². The number of oxazole rings is 1. The summed E-state index contributed by atoms with van der Waals surface area (Å²) in [5.74, 6) is 1.10. The van der Waals surface area contributed by atoms with Crippen molar-refractivity contribution in [2.45, 2.75) is 12.8 Å². The van der Waals surface area contributed by atoms with E-state index < -0.39 is 0 Å². The van der Waals surface area contributed by atoms with Crippen LogP contribution in [0.3, 0.4) is 0 Å². The molecular formula is C10H8BrNO2S. The Morgan fingerprint density at radius 3 is 3.20 bits per heavy atom. The summed E-state index contributed by atoms with van der Waals surface area (Å²) in [7, 11) is 0. The molecule has 0 amide bonds. The van der Waals surface area contributed by atoms with Gasteiger partial charge < -0.3 is 9.15 Å². The monoisotopic (exact) mass is 285 g/mol. The van der Waals surface area contributed by atoms with Crippen LogP contribution < -0.4 is 4.74 Å². The van der Waals surface area contributed by atoms with Crippen LogP contribution in [0.25, 0.3) is 0 Å². The molecule has 0 saturated heterocycles. The molecule has 1 aliphatic heterocycles. The summed E-state index contributed by atoms with van der Waals surface area (Å²) in [5.41, 5.74) is 2.20. The van der Waals surface area contributed by atoms with Crippen LogP contribution in [-0.2, 0) is 0 Å². The van der Waals surface area contributed by atoms with E-state index in [0.29, 0.717) is 6.61 Å². The van der Waals surface area contributed by atoms with E-state index in [9.17, 15) is 0 Å². The van der Waals surface area contributed by atoms with Crippen molar-refractivity contribution in [3.63, 3.8) is 0 Å². The Bertz CT molecular complexity index is 505. The third-order valence-electron chi connectivity index (χ3n) is 2.56. The van der Waals surface area contributed by atoms with Crippen molar-refractivity contribution in [1.29, 1.82) is 0 Å². The van der Waals surface area contributed by atoms with Gasteiger partial charge in [-0.2, -0.15) is 0 Å². The molecule has 0 fully saturated rings. The number of aromatic nitrogens is 1. The molecule has 1 atom stereocenters. The minimum absolute atomic E-state index is 0.223. The van der Waals surface area contributed by atoms with E-state index in [-0.39, 0.29) is 5.92 Å². The molecule has 0 bridgehead atoms. The van der Waals surface area contributed by atoms with Gasteiger partial charge in [0.2, 0.25) is 0 Å². The van der Waals surface area contributed by atoms with Gasteiger partial charge in [-0.05, 0) is 28.9 Å². The van der Waals surface area contributed by atoms with Crippen molar-refractivity contribution in [3.8, 4) is 5.06 Å². The lowest BCUT2D eigenvalue weighted by Crippen LogP contribution is -2.04. The SMILES string of the molecule is Cc1ocnc1C1COc2sc(Br)cc21. The second-order valence-corrected chi connectivity index (χ2v) is 5.84. The zero-order valence-electron chi connectivity index (χ0n) is 7.99. The average Bonchev–Trinajstić information content (AvgIpc) is 2.81. The van der Waals surface area contributed by atoms with Gasteiger partial charge >= 0.3 is 0 Å². The van der Waals surface area contributed by atoms with E-state index in [1.54, 1.807) is 11.3 Å². The molecule has 1 unspecified atom stereocenters. The Kier molecular flexibility index (Phi) is 2.10. The fourth-order valence-electron chi connectivity index (χ4n) is 1.84. The maximum absolute atomic E-state index is 5.62. The highest BCUT2D eigenvalue weighted by Crippen LogP contribution is 2.45. The van der Waals surface area contributed by atoms with Gasteiger partial charge in [0.25, 0.3) is 0 Å². The molecule has 0 aliphatic carbocycles. The Hall–Kier alpha value is -0.810. The van der Waals surface area contributed by atoms with Crippen molar-refractivity contribution in [2.24, 2.45) is 0 Å². The van der Waals surface area contributed by atoms with Crippen LogP contribution in [0.1, 0.15) is 22.9 Å². The van der Waals surface area contributed by atoms with Gasteiger partial charge in [-0.25, -0.2) is 4.98 Å². The molecule has 2 aromatic heterocycles. The number of hydrogen-bond acceptors (Lipinski definition) is 4. The predicted molar refractivity (Wildman–Crippen MR) is 60.6 cm³/mol. The van der Waals surface area contributed by atoms with Gasteiger partial charge in [-0.1, -0.05) is 11.3 Å². The van der Waals surface area contributed by atoms with Crippen LogP contribution in [0.4, 0.5) is 0 Å². The van der Waals surface area contributed by atoms with Gasteiger partial charge in [-0.15, -0.1) is 0 Å². The van der Waals surface area contributed by atoms with Crippen molar-refractivity contribution in [2.75, 3.05) is 6.61 Å². The Labute approximate surface area is 99.2 Å². The molecule has 3 heterocycles. The summed E-state index contributed by atoms with van der Waals surface area (Å²) in [4.78, 5) is 4.25. The van der Waals surface area contributed by atoms with E-state index in [1.165, 1.54) is 12.0 Å². The second-order valence-electron chi connectivity index (χ2n) is 3.45. The van der Waals surface area contributed by atoms with Crippen LogP contribution in [0.2, 0.25) is 0 Å². The molecule has 78 valence electrons. The fourth-order valence-corrected chi connectivity index (χ4v) is 3.33. The minimum atomic E-state index is 0.223. The summed E-state index contributed by atoms with van der Waals surface area (Å²) in [5, 5.41) is 0.995. The Balaban J connectivity index is 2.07. The second kappa shape index (κ2) is 3.35. The van der Waals surface area contributed by atoms with Crippen LogP contribution in [-0.4, -0.2) is 11.6 Å². The Morgan fingerprint density at radius 2 is 2.47 bits per heavy atom. The number of rotatable bonds is 1. The van der Waals surface area contributed by atoms with Crippen molar-refractivity contribution in [1.82, 2.24) is 4.98 Å². The molecule has 0 spiro atoms. The first-order chi connectivity index (χ1) is 7.25. The topological polar surface area (TPSA) is 35.3 Å². The quantitative estimate of drug-likeness (QED) is 0.806. The zero-order chi connectivity index (χ0) is 10.4. The molecule has 15 heavy (non-hydrogen) atoms. The number of ether oxygens (including phenoxy) is 1. The highest BCUT2D eigenvalue weighted by molar-refractivity contribution is 9.11. The van der Waals surface area contributed by atoms with E-state index in [0.717, 1.165) is 20.3 Å². The lowest BCUT2D eigenvalue weighted by molar-refractivity contribution is 0.348. The number of hydrogen-bond donors (Lipinski definition) is 0. The number of nitrogens with zero attached hydrogens (tertiary/aromatic N) is 1. The van der Waals surface area contributed by atoms with Gasteiger partial charge in [0.15, 0.2) is 11.5 Å². The molecule has 3 rings (SSSR count). The number of aryl methyl sites for hydroxylation is 1. The summed E-state index contributed by atoms with van der Waals surface area (Å²) < 4.78 is 11.9. The molecule has 0 N–H and O–H groups in total. The maximum Gasteiger partial charge on any atom is 0.181 e.